The Balaban J connectivity index is 1.89. The topological polar surface area (TPSA) is 67.9 Å². The van der Waals surface area contributed by atoms with Crippen LogP contribution in [0.5, 0.6) is 5.75 Å². The van der Waals surface area contributed by atoms with E-state index in [0.717, 1.165) is 0 Å². The molecule has 0 bridgehead atoms. The summed E-state index contributed by atoms with van der Waals surface area (Å²) in [6, 6.07) is 5.93. The highest BCUT2D eigenvalue weighted by molar-refractivity contribution is 5.84. The van der Waals surface area contributed by atoms with Crippen LogP contribution in [0, 0.1) is 11.7 Å². The second kappa shape index (κ2) is 9.26. The van der Waals surface area contributed by atoms with Crippen molar-refractivity contribution in [1.82, 2.24) is 10.2 Å². The number of nitrogens with zero attached hydrogens (tertiary/aromatic N) is 1. The van der Waals surface area contributed by atoms with Gasteiger partial charge in [0.2, 0.25) is 0 Å². The normalized spacial score (nSPS) is 16.6. The maximum Gasteiger partial charge on any atom is 0.408 e. The largest absolute Gasteiger partial charge is 0.490 e. The molecule has 1 aromatic rings. The summed E-state index contributed by atoms with van der Waals surface area (Å²) in [5.41, 5.74) is -0.433. The Kier molecular flexibility index (Phi) is 7.27. The zero-order valence-electron chi connectivity index (χ0n) is 17.3. The number of alkyl carbamates (subject to hydrolysis) is 1. The molecule has 1 aliphatic heterocycles. The van der Waals surface area contributed by atoms with Gasteiger partial charge in [-0.2, -0.15) is 0 Å². The van der Waals surface area contributed by atoms with E-state index in [1.807, 2.05) is 34.6 Å². The molecule has 1 saturated heterocycles. The first-order valence-corrected chi connectivity index (χ1v) is 9.75. The quantitative estimate of drug-likeness (QED) is 0.826. The maximum atomic E-state index is 13.0. The van der Waals surface area contributed by atoms with Crippen molar-refractivity contribution < 1.29 is 23.5 Å². The van der Waals surface area contributed by atoms with Gasteiger partial charge in [-0.05, 0) is 51.0 Å². The van der Waals surface area contributed by atoms with Crippen molar-refractivity contribution >= 4 is 12.0 Å². The van der Waals surface area contributed by atoms with Crippen LogP contribution in [0.3, 0.4) is 0 Å². The fourth-order valence-corrected chi connectivity index (χ4v) is 3.00. The third kappa shape index (κ3) is 6.69. The lowest BCUT2D eigenvalue weighted by Crippen LogP contribution is -2.50. The molecule has 2 amide bonds. The van der Waals surface area contributed by atoms with Crippen molar-refractivity contribution in [2.45, 2.75) is 65.2 Å². The van der Waals surface area contributed by atoms with Crippen molar-refractivity contribution in [2.75, 3.05) is 13.1 Å². The van der Waals surface area contributed by atoms with Gasteiger partial charge in [0.1, 0.15) is 17.7 Å². The number of carbonyl (C=O) groups excluding carboxylic acids is 2. The highest BCUT2D eigenvalue weighted by atomic mass is 19.1. The number of hydrogen-bond acceptors (Lipinski definition) is 4. The van der Waals surface area contributed by atoms with E-state index in [-0.39, 0.29) is 23.7 Å². The molecule has 1 aliphatic rings. The lowest BCUT2D eigenvalue weighted by atomic mass is 10.0. The second-order valence-electron chi connectivity index (χ2n) is 8.54. The van der Waals surface area contributed by atoms with Crippen LogP contribution < -0.4 is 10.1 Å². The SMILES string of the molecule is CC(C)[C@@H](OC(=O)NC(C)(C)C)C(=O)N1CCC(Oc2ccc(F)cc2)CC1. The number of piperidine rings is 1. The number of likely N-dealkylation sites (tertiary alicyclic amines) is 1. The minimum Gasteiger partial charge on any atom is -0.490 e. The molecule has 6 nitrogen and oxygen atoms in total. The summed E-state index contributed by atoms with van der Waals surface area (Å²) in [5.74, 6) is 0.00195. The van der Waals surface area contributed by atoms with Gasteiger partial charge >= 0.3 is 6.09 Å². The first kappa shape index (κ1) is 22.0. The molecule has 0 radical (unpaired) electrons. The molecule has 28 heavy (non-hydrogen) atoms. The first-order valence-electron chi connectivity index (χ1n) is 9.75. The lowest BCUT2D eigenvalue weighted by molar-refractivity contribution is -0.144. The van der Waals surface area contributed by atoms with Crippen LogP contribution >= 0.6 is 0 Å². The van der Waals surface area contributed by atoms with Gasteiger partial charge in [0.25, 0.3) is 5.91 Å². The molecule has 1 aromatic carbocycles. The minimum absolute atomic E-state index is 0.0304. The van der Waals surface area contributed by atoms with E-state index in [1.54, 1.807) is 17.0 Å². The number of hydrogen-bond donors (Lipinski definition) is 1. The zero-order valence-corrected chi connectivity index (χ0v) is 17.3. The van der Waals surface area contributed by atoms with Crippen LogP contribution in [0.2, 0.25) is 0 Å². The van der Waals surface area contributed by atoms with Crippen LogP contribution in [-0.4, -0.2) is 47.7 Å². The number of ether oxygens (including phenoxy) is 2. The van der Waals surface area contributed by atoms with Crippen molar-refractivity contribution in [3.8, 4) is 5.75 Å². The summed E-state index contributed by atoms with van der Waals surface area (Å²) in [6.45, 7) is 10.3. The molecule has 2 rings (SSSR count). The van der Waals surface area contributed by atoms with Gasteiger partial charge in [-0.1, -0.05) is 13.8 Å². The van der Waals surface area contributed by atoms with Gasteiger partial charge < -0.3 is 19.7 Å². The van der Waals surface area contributed by atoms with Gasteiger partial charge in [-0.3, -0.25) is 4.79 Å². The summed E-state index contributed by atoms with van der Waals surface area (Å²) in [6.07, 6.45) is -0.104. The number of amides is 2. The standard InChI is InChI=1S/C21H31FN2O4/c1-14(2)18(28-20(26)23-21(3,4)5)19(25)24-12-10-17(11-13-24)27-16-8-6-15(22)7-9-16/h6-9,14,17-18H,10-13H2,1-5H3,(H,23,26)/t18-/m1/s1. The average Bonchev–Trinajstić information content (AvgIpc) is 2.60. The van der Waals surface area contributed by atoms with Crippen LogP contribution in [0.1, 0.15) is 47.5 Å². The van der Waals surface area contributed by atoms with Gasteiger partial charge in [-0.25, -0.2) is 9.18 Å². The molecule has 0 spiro atoms. The number of benzene rings is 1. The number of rotatable bonds is 5. The van der Waals surface area contributed by atoms with Crippen molar-refractivity contribution in [3.63, 3.8) is 0 Å². The molecule has 0 unspecified atom stereocenters. The van der Waals surface area contributed by atoms with Crippen LogP contribution in [0.25, 0.3) is 0 Å². The Hall–Kier alpha value is -2.31. The molecule has 156 valence electrons. The summed E-state index contributed by atoms with van der Waals surface area (Å²) in [5, 5.41) is 2.72. The van der Waals surface area contributed by atoms with Crippen LogP contribution in [0.4, 0.5) is 9.18 Å². The predicted octanol–water partition coefficient (Wildman–Crippen LogP) is 3.74. The van der Waals surface area contributed by atoms with E-state index in [1.165, 1.54) is 12.1 Å². The van der Waals surface area contributed by atoms with E-state index in [4.69, 9.17) is 9.47 Å². The Morgan fingerprint density at radius 3 is 2.21 bits per heavy atom. The van der Waals surface area contributed by atoms with Crippen LogP contribution in [0.15, 0.2) is 24.3 Å². The molecule has 1 N–H and O–H groups in total. The third-order valence-electron chi connectivity index (χ3n) is 4.43. The van der Waals surface area contributed by atoms with Gasteiger partial charge in [0.05, 0.1) is 0 Å². The van der Waals surface area contributed by atoms with Crippen molar-refractivity contribution in [1.29, 1.82) is 0 Å². The highest BCUT2D eigenvalue weighted by Crippen LogP contribution is 2.21. The summed E-state index contributed by atoms with van der Waals surface area (Å²) >= 11 is 0. The number of halogens is 1. The zero-order chi connectivity index (χ0) is 20.9. The molecule has 0 aromatic heterocycles. The molecule has 0 aliphatic carbocycles. The Bertz CT molecular complexity index is 662. The van der Waals surface area contributed by atoms with E-state index in [0.29, 0.717) is 31.7 Å². The predicted molar refractivity (Wildman–Crippen MR) is 105 cm³/mol. The molecule has 1 heterocycles. The van der Waals surface area contributed by atoms with Crippen molar-refractivity contribution in [3.05, 3.63) is 30.1 Å². The highest BCUT2D eigenvalue weighted by Gasteiger charge is 2.33. The van der Waals surface area contributed by atoms with E-state index in [9.17, 15) is 14.0 Å². The van der Waals surface area contributed by atoms with E-state index < -0.39 is 17.7 Å². The first-order chi connectivity index (χ1) is 13.0. The molecule has 1 fully saturated rings. The molecular formula is C21H31FN2O4. The van der Waals surface area contributed by atoms with Gasteiger partial charge in [0.15, 0.2) is 6.10 Å². The molecular weight excluding hydrogens is 363 g/mol. The minimum atomic E-state index is -0.822. The Labute approximate surface area is 166 Å². The van der Waals surface area contributed by atoms with Crippen molar-refractivity contribution in [2.24, 2.45) is 5.92 Å². The Morgan fingerprint density at radius 2 is 1.71 bits per heavy atom. The number of nitrogens with one attached hydrogen (secondary N) is 1. The number of carbonyl (C=O) groups is 2. The fraction of sp³-hybridized carbons (Fsp3) is 0.619. The van der Waals surface area contributed by atoms with E-state index >= 15 is 0 Å². The average molecular weight is 394 g/mol. The smallest absolute Gasteiger partial charge is 0.408 e. The monoisotopic (exact) mass is 394 g/mol. The molecule has 1 atom stereocenters. The second-order valence-corrected chi connectivity index (χ2v) is 8.54. The summed E-state index contributed by atoms with van der Waals surface area (Å²) in [4.78, 5) is 26.7. The van der Waals surface area contributed by atoms with Gasteiger partial charge in [-0.15, -0.1) is 0 Å². The third-order valence-corrected chi connectivity index (χ3v) is 4.43. The fourth-order valence-electron chi connectivity index (χ4n) is 3.00. The maximum absolute atomic E-state index is 13.0. The van der Waals surface area contributed by atoms with E-state index in [2.05, 4.69) is 5.32 Å². The summed E-state index contributed by atoms with van der Waals surface area (Å²) < 4.78 is 24.3. The Morgan fingerprint density at radius 1 is 1.14 bits per heavy atom. The van der Waals surface area contributed by atoms with Crippen LogP contribution in [-0.2, 0) is 9.53 Å². The molecule has 7 heteroatoms. The van der Waals surface area contributed by atoms with Gasteiger partial charge in [0, 0.05) is 31.5 Å². The molecule has 0 saturated carbocycles. The summed E-state index contributed by atoms with van der Waals surface area (Å²) in [7, 11) is 0. The lowest BCUT2D eigenvalue weighted by Gasteiger charge is -2.35.